The second-order valence-corrected chi connectivity index (χ2v) is 19.2. The molecule has 0 radical (unpaired) electrons. The minimum absolute atomic E-state index is 0.366. The van der Waals surface area contributed by atoms with E-state index in [4.69, 9.17) is 0 Å². The molecular formula is C65H43NS. The second kappa shape index (κ2) is 15.0. The molecule has 1 nitrogen and oxygen atoms in total. The van der Waals surface area contributed by atoms with Crippen molar-refractivity contribution in [3.05, 3.63) is 264 Å². The van der Waals surface area contributed by atoms with Crippen LogP contribution in [0.1, 0.15) is 35.1 Å². The Morgan fingerprint density at radius 2 is 1.04 bits per heavy atom. The summed E-state index contributed by atoms with van der Waals surface area (Å²) < 4.78 is 2.65. The number of allylic oxidation sites excluding steroid dienone is 4. The molecule has 11 aromatic rings. The normalized spacial score (nSPS) is 14.1. The van der Waals surface area contributed by atoms with Gasteiger partial charge in [-0.1, -0.05) is 194 Å². The first-order valence-corrected chi connectivity index (χ1v) is 24.3. The zero-order chi connectivity index (χ0) is 44.1. The number of rotatable bonds is 6. The minimum atomic E-state index is -0.366. The number of hydrogen-bond acceptors (Lipinski definition) is 2. The predicted molar refractivity (Wildman–Crippen MR) is 285 cm³/mol. The van der Waals surface area contributed by atoms with Gasteiger partial charge in [0.05, 0.1) is 5.41 Å². The molecule has 314 valence electrons. The Hall–Kier alpha value is -8.04. The van der Waals surface area contributed by atoms with Gasteiger partial charge in [0, 0.05) is 37.2 Å². The van der Waals surface area contributed by atoms with Crippen LogP contribution in [0, 0.1) is 0 Å². The largest absolute Gasteiger partial charge is 0.310 e. The highest BCUT2D eigenvalue weighted by atomic mass is 32.1. The van der Waals surface area contributed by atoms with Crippen molar-refractivity contribution < 1.29 is 0 Å². The summed E-state index contributed by atoms with van der Waals surface area (Å²) in [5.74, 6) is 0. The van der Waals surface area contributed by atoms with E-state index in [0.717, 1.165) is 29.9 Å². The lowest BCUT2D eigenvalue weighted by atomic mass is 9.68. The van der Waals surface area contributed by atoms with Crippen LogP contribution in [0.2, 0.25) is 0 Å². The SMILES string of the molecule is C1=CC2=C(CC1)C1(c3cc(N(c4ccc(-c5cccc6c5sc5ccccc56)cc4)c4cccc(-c5ccc6ccccc6c5-c5ccccc5)c4)ccc32)c2ccccc2-c2ccccc21. The van der Waals surface area contributed by atoms with Gasteiger partial charge >= 0.3 is 0 Å². The first kappa shape index (κ1) is 38.3. The van der Waals surface area contributed by atoms with Crippen LogP contribution in [0.4, 0.5) is 17.1 Å². The van der Waals surface area contributed by atoms with Crippen molar-refractivity contribution in [2.75, 3.05) is 4.90 Å². The number of thiophene rings is 1. The molecule has 0 atom stereocenters. The van der Waals surface area contributed by atoms with E-state index in [1.165, 1.54) is 109 Å². The molecule has 0 N–H and O–H groups in total. The van der Waals surface area contributed by atoms with E-state index >= 15 is 0 Å². The topological polar surface area (TPSA) is 3.24 Å². The summed E-state index contributed by atoms with van der Waals surface area (Å²) in [5.41, 5.74) is 21.5. The van der Waals surface area contributed by atoms with Gasteiger partial charge < -0.3 is 4.90 Å². The molecule has 2 heteroatoms. The fraction of sp³-hybridized carbons (Fsp3) is 0.0462. The Morgan fingerprint density at radius 1 is 0.403 bits per heavy atom. The highest BCUT2D eigenvalue weighted by Gasteiger charge is 2.52. The van der Waals surface area contributed by atoms with Crippen LogP contribution in [0.3, 0.4) is 0 Å². The maximum Gasteiger partial charge on any atom is 0.0689 e. The average Bonchev–Trinajstić information content (AvgIpc) is 4.03. The number of hydrogen-bond donors (Lipinski definition) is 0. The number of fused-ring (bicyclic) bond motifs is 13. The molecule has 3 aliphatic carbocycles. The molecule has 67 heavy (non-hydrogen) atoms. The highest BCUT2D eigenvalue weighted by Crippen LogP contribution is 2.64. The third-order valence-electron chi connectivity index (χ3n) is 14.8. The summed E-state index contributed by atoms with van der Waals surface area (Å²) in [5, 5.41) is 5.13. The molecule has 1 heterocycles. The van der Waals surface area contributed by atoms with Crippen molar-refractivity contribution in [3.8, 4) is 44.5 Å². The van der Waals surface area contributed by atoms with Gasteiger partial charge in [0.15, 0.2) is 0 Å². The zero-order valence-corrected chi connectivity index (χ0v) is 37.6. The third kappa shape index (κ3) is 5.67. The van der Waals surface area contributed by atoms with Crippen molar-refractivity contribution in [2.45, 2.75) is 18.3 Å². The fourth-order valence-corrected chi connectivity index (χ4v) is 13.2. The Kier molecular flexibility index (Phi) is 8.56. The molecule has 0 saturated carbocycles. The summed E-state index contributed by atoms with van der Waals surface area (Å²) in [6, 6.07) is 83.9. The zero-order valence-electron chi connectivity index (χ0n) is 36.8. The fourth-order valence-electron chi connectivity index (χ4n) is 12.0. The lowest BCUT2D eigenvalue weighted by Crippen LogP contribution is -2.28. The number of nitrogens with zero attached hydrogens (tertiary/aromatic N) is 1. The van der Waals surface area contributed by atoms with E-state index in [-0.39, 0.29) is 5.41 Å². The molecule has 1 spiro atoms. The highest BCUT2D eigenvalue weighted by molar-refractivity contribution is 7.26. The molecule has 0 saturated heterocycles. The molecule has 0 bridgehead atoms. The monoisotopic (exact) mass is 869 g/mol. The van der Waals surface area contributed by atoms with Crippen molar-refractivity contribution in [2.24, 2.45) is 0 Å². The molecule has 10 aromatic carbocycles. The van der Waals surface area contributed by atoms with Gasteiger partial charge in [0.25, 0.3) is 0 Å². The Balaban J connectivity index is 0.981. The summed E-state index contributed by atoms with van der Waals surface area (Å²) in [6.07, 6.45) is 6.86. The first-order chi connectivity index (χ1) is 33.2. The van der Waals surface area contributed by atoms with Gasteiger partial charge in [-0.25, -0.2) is 0 Å². The maximum atomic E-state index is 2.53. The van der Waals surface area contributed by atoms with E-state index < -0.39 is 0 Å². The van der Waals surface area contributed by atoms with Crippen LogP contribution >= 0.6 is 11.3 Å². The lowest BCUT2D eigenvalue weighted by molar-refractivity contribution is 0.714. The average molecular weight is 870 g/mol. The smallest absolute Gasteiger partial charge is 0.0689 e. The number of benzene rings is 10. The van der Waals surface area contributed by atoms with Crippen LogP contribution in [0.25, 0.3) is 81.0 Å². The van der Waals surface area contributed by atoms with Gasteiger partial charge in [-0.3, -0.25) is 0 Å². The molecular weight excluding hydrogens is 827 g/mol. The first-order valence-electron chi connectivity index (χ1n) is 23.5. The number of anilines is 3. The van der Waals surface area contributed by atoms with Crippen molar-refractivity contribution >= 4 is 64.9 Å². The Bertz CT molecular complexity index is 3820. The van der Waals surface area contributed by atoms with Crippen LogP contribution < -0.4 is 4.90 Å². The standard InChI is InChI=1S/C65H43NS/c1-2-17-44(18-3-1)63-49-21-5-4-16-42(49)34-38-50(63)45-19-14-20-47(40-45)66(46-35-32-43(33-36-46)51-26-15-27-57-56-25-9-13-31-62(56)67-64(51)57)48-37-39-55-54-24-8-12-30-60(54)65(61(55)41-48)58-28-10-6-22-52(58)53-23-7-11-29-59(53)65/h1-11,13-29,31-41H,12,30H2. The van der Waals surface area contributed by atoms with E-state index in [1.54, 1.807) is 0 Å². The summed E-state index contributed by atoms with van der Waals surface area (Å²) >= 11 is 1.89. The minimum Gasteiger partial charge on any atom is -0.310 e. The summed E-state index contributed by atoms with van der Waals surface area (Å²) in [4.78, 5) is 2.49. The molecule has 0 amide bonds. The molecule has 0 unspecified atom stereocenters. The van der Waals surface area contributed by atoms with Gasteiger partial charge in [-0.05, 0) is 144 Å². The molecule has 0 aliphatic heterocycles. The third-order valence-corrected chi connectivity index (χ3v) is 16.0. The van der Waals surface area contributed by atoms with Crippen LogP contribution in [-0.4, -0.2) is 0 Å². The Labute approximate surface area is 394 Å². The van der Waals surface area contributed by atoms with E-state index in [2.05, 4.69) is 242 Å². The van der Waals surface area contributed by atoms with Gasteiger partial charge in [0.2, 0.25) is 0 Å². The van der Waals surface area contributed by atoms with Crippen LogP contribution in [0.15, 0.2) is 242 Å². The van der Waals surface area contributed by atoms with E-state index in [0.29, 0.717) is 0 Å². The van der Waals surface area contributed by atoms with Crippen LogP contribution in [0.5, 0.6) is 0 Å². The molecule has 0 fully saturated rings. The Morgan fingerprint density at radius 3 is 1.88 bits per heavy atom. The van der Waals surface area contributed by atoms with Crippen molar-refractivity contribution in [1.29, 1.82) is 0 Å². The molecule has 14 rings (SSSR count). The van der Waals surface area contributed by atoms with Crippen LogP contribution in [-0.2, 0) is 5.41 Å². The quantitative estimate of drug-likeness (QED) is 0.161. The van der Waals surface area contributed by atoms with E-state index in [9.17, 15) is 0 Å². The second-order valence-electron chi connectivity index (χ2n) is 18.2. The van der Waals surface area contributed by atoms with Crippen molar-refractivity contribution in [1.82, 2.24) is 0 Å². The lowest BCUT2D eigenvalue weighted by Gasteiger charge is -2.34. The van der Waals surface area contributed by atoms with Crippen molar-refractivity contribution in [3.63, 3.8) is 0 Å². The van der Waals surface area contributed by atoms with E-state index in [1.807, 2.05) is 11.3 Å². The summed E-state index contributed by atoms with van der Waals surface area (Å²) in [7, 11) is 0. The molecule has 1 aromatic heterocycles. The maximum absolute atomic E-state index is 2.53. The van der Waals surface area contributed by atoms with Gasteiger partial charge in [0.1, 0.15) is 0 Å². The summed E-state index contributed by atoms with van der Waals surface area (Å²) in [6.45, 7) is 0. The van der Waals surface area contributed by atoms with Gasteiger partial charge in [-0.15, -0.1) is 11.3 Å². The van der Waals surface area contributed by atoms with Gasteiger partial charge in [-0.2, -0.15) is 0 Å². The predicted octanol–water partition coefficient (Wildman–Crippen LogP) is 18.1. The molecule has 3 aliphatic rings.